The van der Waals surface area contributed by atoms with E-state index in [1.165, 1.54) is 5.56 Å². The van der Waals surface area contributed by atoms with Gasteiger partial charge in [0.1, 0.15) is 0 Å². The van der Waals surface area contributed by atoms with Crippen molar-refractivity contribution in [3.8, 4) is 0 Å². The molecule has 0 amide bonds. The number of hydrogen-bond acceptors (Lipinski definition) is 1. The average Bonchev–Trinajstić information content (AvgIpc) is 2.38. The van der Waals surface area contributed by atoms with E-state index in [0.717, 1.165) is 14.7 Å². The van der Waals surface area contributed by atoms with Gasteiger partial charge in [-0.1, -0.05) is 57.2 Å². The summed E-state index contributed by atoms with van der Waals surface area (Å²) in [5.41, 5.74) is 2.87. The van der Waals surface area contributed by atoms with Gasteiger partial charge in [0.15, 0.2) is 5.78 Å². The topological polar surface area (TPSA) is 17.1 Å². The van der Waals surface area contributed by atoms with Gasteiger partial charge in [-0.2, -0.15) is 0 Å². The first-order chi connectivity index (χ1) is 8.89. The van der Waals surface area contributed by atoms with Crippen LogP contribution in [0, 0.1) is 3.57 Å². The third-order valence-corrected chi connectivity index (χ3v) is 4.07. The lowest BCUT2D eigenvalue weighted by molar-refractivity contribution is 0.103. The van der Waals surface area contributed by atoms with Gasteiger partial charge < -0.3 is 0 Å². The standard InChI is InChI=1S/C17H17IO/c1-17(2,3)13-10-8-12(9-11-13)16(19)14-6-4-5-7-15(14)18/h4-11H,1-3H3. The Bertz CT molecular complexity index is 591. The zero-order valence-electron chi connectivity index (χ0n) is 11.4. The molecular formula is C17H17IO. The summed E-state index contributed by atoms with van der Waals surface area (Å²) in [6.45, 7) is 6.51. The largest absolute Gasteiger partial charge is 0.289 e. The molecule has 1 nitrogen and oxygen atoms in total. The molecule has 0 unspecified atom stereocenters. The zero-order valence-corrected chi connectivity index (χ0v) is 13.6. The maximum atomic E-state index is 12.4. The fraction of sp³-hybridized carbons (Fsp3) is 0.235. The monoisotopic (exact) mass is 364 g/mol. The van der Waals surface area contributed by atoms with Gasteiger partial charge in [-0.15, -0.1) is 0 Å². The summed E-state index contributed by atoms with van der Waals surface area (Å²) in [6.07, 6.45) is 0. The molecule has 0 fully saturated rings. The lowest BCUT2D eigenvalue weighted by Crippen LogP contribution is -2.11. The third-order valence-electron chi connectivity index (χ3n) is 3.13. The number of ketones is 1. The number of carbonyl (C=O) groups is 1. The van der Waals surface area contributed by atoms with Crippen LogP contribution in [-0.4, -0.2) is 5.78 Å². The van der Waals surface area contributed by atoms with Gasteiger partial charge in [0, 0.05) is 14.7 Å². The lowest BCUT2D eigenvalue weighted by Gasteiger charge is -2.19. The van der Waals surface area contributed by atoms with Crippen LogP contribution in [0.2, 0.25) is 0 Å². The van der Waals surface area contributed by atoms with E-state index in [1.807, 2.05) is 48.5 Å². The Labute approximate surface area is 128 Å². The van der Waals surface area contributed by atoms with E-state index in [4.69, 9.17) is 0 Å². The molecule has 2 rings (SSSR count). The lowest BCUT2D eigenvalue weighted by atomic mass is 9.86. The van der Waals surface area contributed by atoms with Gasteiger partial charge in [0.2, 0.25) is 0 Å². The summed E-state index contributed by atoms with van der Waals surface area (Å²) in [7, 11) is 0. The molecule has 19 heavy (non-hydrogen) atoms. The van der Waals surface area contributed by atoms with E-state index in [1.54, 1.807) is 0 Å². The number of carbonyl (C=O) groups excluding carboxylic acids is 1. The SMILES string of the molecule is CC(C)(C)c1ccc(C(=O)c2ccccc2I)cc1. The molecule has 98 valence electrons. The number of hydrogen-bond donors (Lipinski definition) is 0. The molecule has 0 atom stereocenters. The van der Waals surface area contributed by atoms with Crippen molar-refractivity contribution in [1.82, 2.24) is 0 Å². The highest BCUT2D eigenvalue weighted by Crippen LogP contribution is 2.23. The maximum Gasteiger partial charge on any atom is 0.194 e. The van der Waals surface area contributed by atoms with Crippen molar-refractivity contribution >= 4 is 28.4 Å². The molecule has 2 aromatic rings. The van der Waals surface area contributed by atoms with Gasteiger partial charge in [-0.3, -0.25) is 4.79 Å². The molecular weight excluding hydrogens is 347 g/mol. The van der Waals surface area contributed by atoms with E-state index >= 15 is 0 Å². The van der Waals surface area contributed by atoms with Crippen LogP contribution in [0.5, 0.6) is 0 Å². The fourth-order valence-electron chi connectivity index (χ4n) is 1.92. The van der Waals surface area contributed by atoms with Crippen LogP contribution < -0.4 is 0 Å². The normalized spacial score (nSPS) is 11.4. The molecule has 0 saturated carbocycles. The Morgan fingerprint density at radius 1 is 0.947 bits per heavy atom. The van der Waals surface area contributed by atoms with Crippen molar-refractivity contribution in [3.05, 3.63) is 68.8 Å². The number of rotatable bonds is 2. The third kappa shape index (κ3) is 3.24. The summed E-state index contributed by atoms with van der Waals surface area (Å²) in [4.78, 5) is 12.4. The molecule has 0 bridgehead atoms. The first-order valence-electron chi connectivity index (χ1n) is 6.29. The smallest absolute Gasteiger partial charge is 0.194 e. The van der Waals surface area contributed by atoms with Crippen LogP contribution in [0.25, 0.3) is 0 Å². The van der Waals surface area contributed by atoms with Crippen LogP contribution in [0.15, 0.2) is 48.5 Å². The fourth-order valence-corrected chi connectivity index (χ4v) is 2.55. The number of halogens is 1. The molecule has 0 radical (unpaired) electrons. The van der Waals surface area contributed by atoms with E-state index in [2.05, 4.69) is 43.4 Å². The van der Waals surface area contributed by atoms with E-state index in [-0.39, 0.29) is 11.2 Å². The highest BCUT2D eigenvalue weighted by molar-refractivity contribution is 14.1. The van der Waals surface area contributed by atoms with Gasteiger partial charge >= 0.3 is 0 Å². The molecule has 0 aliphatic rings. The van der Waals surface area contributed by atoms with Crippen molar-refractivity contribution in [2.75, 3.05) is 0 Å². The summed E-state index contributed by atoms with van der Waals surface area (Å²) >= 11 is 2.20. The highest BCUT2D eigenvalue weighted by atomic mass is 127. The van der Waals surface area contributed by atoms with Crippen LogP contribution in [0.3, 0.4) is 0 Å². The zero-order chi connectivity index (χ0) is 14.0. The van der Waals surface area contributed by atoms with Gasteiger partial charge in [-0.25, -0.2) is 0 Å². The molecule has 0 aliphatic heterocycles. The van der Waals surface area contributed by atoms with E-state index in [0.29, 0.717) is 0 Å². The summed E-state index contributed by atoms with van der Waals surface area (Å²) in [6, 6.07) is 15.6. The average molecular weight is 364 g/mol. The molecule has 0 spiro atoms. The molecule has 0 saturated heterocycles. The molecule has 2 aromatic carbocycles. The Morgan fingerprint density at radius 3 is 2.05 bits per heavy atom. The van der Waals surface area contributed by atoms with Gasteiger partial charge in [-0.05, 0) is 45.7 Å². The highest BCUT2D eigenvalue weighted by Gasteiger charge is 2.15. The van der Waals surface area contributed by atoms with Gasteiger partial charge in [0.25, 0.3) is 0 Å². The predicted octanol–water partition coefficient (Wildman–Crippen LogP) is 4.82. The Balaban J connectivity index is 2.34. The van der Waals surface area contributed by atoms with Crippen LogP contribution in [-0.2, 0) is 5.41 Å². The van der Waals surface area contributed by atoms with Crippen LogP contribution in [0.1, 0.15) is 42.3 Å². The van der Waals surface area contributed by atoms with Crippen molar-refractivity contribution < 1.29 is 4.79 Å². The Hall–Kier alpha value is -1.16. The maximum absolute atomic E-state index is 12.4. The van der Waals surface area contributed by atoms with Gasteiger partial charge in [0.05, 0.1) is 0 Å². The molecule has 0 aliphatic carbocycles. The van der Waals surface area contributed by atoms with Crippen molar-refractivity contribution in [2.45, 2.75) is 26.2 Å². The van der Waals surface area contributed by atoms with Crippen LogP contribution >= 0.6 is 22.6 Å². The second-order valence-electron chi connectivity index (χ2n) is 5.64. The minimum atomic E-state index is 0.0884. The molecule has 0 aromatic heterocycles. The summed E-state index contributed by atoms with van der Waals surface area (Å²) in [5.74, 6) is 0.0884. The number of benzene rings is 2. The minimum Gasteiger partial charge on any atom is -0.289 e. The quantitative estimate of drug-likeness (QED) is 0.552. The summed E-state index contributed by atoms with van der Waals surface area (Å²) in [5, 5.41) is 0. The second-order valence-corrected chi connectivity index (χ2v) is 6.80. The van der Waals surface area contributed by atoms with Crippen LogP contribution in [0.4, 0.5) is 0 Å². The Kier molecular flexibility index (Phi) is 4.09. The molecule has 2 heteroatoms. The second kappa shape index (κ2) is 5.45. The minimum absolute atomic E-state index is 0.0884. The first kappa shape index (κ1) is 14.3. The Morgan fingerprint density at radius 2 is 1.53 bits per heavy atom. The predicted molar refractivity (Wildman–Crippen MR) is 87.7 cm³/mol. The van der Waals surface area contributed by atoms with E-state index < -0.39 is 0 Å². The molecule has 0 N–H and O–H groups in total. The summed E-state index contributed by atoms with van der Waals surface area (Å²) < 4.78 is 0.991. The molecule has 0 heterocycles. The van der Waals surface area contributed by atoms with Crippen molar-refractivity contribution in [1.29, 1.82) is 0 Å². The van der Waals surface area contributed by atoms with Crippen molar-refractivity contribution in [3.63, 3.8) is 0 Å². The van der Waals surface area contributed by atoms with Crippen molar-refractivity contribution in [2.24, 2.45) is 0 Å². The first-order valence-corrected chi connectivity index (χ1v) is 7.37. The van der Waals surface area contributed by atoms with E-state index in [9.17, 15) is 4.79 Å².